The number of pyridine rings is 1. The molecule has 0 saturated heterocycles. The minimum Gasteiger partial charge on any atom is -0.481 e. The predicted octanol–water partition coefficient (Wildman–Crippen LogP) is 6.15. The third kappa shape index (κ3) is 5.08. The number of aromatic amines is 1. The van der Waals surface area contributed by atoms with Crippen molar-refractivity contribution < 1.29 is 14.7 Å². The van der Waals surface area contributed by atoms with Crippen LogP contribution in [0.25, 0.3) is 22.0 Å². The maximum Gasteiger partial charge on any atom is 0.303 e. The smallest absolute Gasteiger partial charge is 0.303 e. The molecule has 1 atom stereocenters. The molecule has 7 nitrogen and oxygen atoms in total. The summed E-state index contributed by atoms with van der Waals surface area (Å²) in [7, 11) is 0. The molecule has 9 heteroatoms. The molecule has 2 heterocycles. The number of hydrogen-bond donors (Lipinski definition) is 2. The Bertz CT molecular complexity index is 1600. The second-order valence-electron chi connectivity index (χ2n) is 8.71. The van der Waals surface area contributed by atoms with Crippen LogP contribution in [0, 0.1) is 0 Å². The van der Waals surface area contributed by atoms with Crippen LogP contribution in [0.3, 0.4) is 0 Å². The van der Waals surface area contributed by atoms with Crippen molar-refractivity contribution in [2.24, 2.45) is 5.10 Å². The lowest BCUT2D eigenvalue weighted by Crippen LogP contribution is -2.27. The molecule has 0 bridgehead atoms. The molecule has 3 aromatic carbocycles. The van der Waals surface area contributed by atoms with Gasteiger partial charge in [-0.15, -0.1) is 0 Å². The molecule has 0 radical (unpaired) electrons. The quantitative estimate of drug-likeness (QED) is 0.286. The van der Waals surface area contributed by atoms with Crippen LogP contribution in [0.2, 0.25) is 5.02 Å². The molecule has 0 saturated carbocycles. The second kappa shape index (κ2) is 10.3. The van der Waals surface area contributed by atoms with Crippen LogP contribution in [0.5, 0.6) is 0 Å². The molecule has 0 unspecified atom stereocenters. The van der Waals surface area contributed by atoms with Gasteiger partial charge in [0.15, 0.2) is 0 Å². The van der Waals surface area contributed by atoms with Crippen LogP contribution in [-0.4, -0.2) is 32.7 Å². The number of nitrogens with one attached hydrogen (secondary N) is 1. The minimum atomic E-state index is -1.06. The minimum absolute atomic E-state index is 0.197. The fourth-order valence-electron chi connectivity index (χ4n) is 4.60. The number of aromatic nitrogens is 1. The van der Waals surface area contributed by atoms with Crippen LogP contribution in [-0.2, 0) is 9.59 Å². The number of carboxylic acid groups (broad SMARTS) is 1. The number of carbonyl (C=O) groups excluding carboxylic acids is 1. The van der Waals surface area contributed by atoms with Gasteiger partial charge in [0.05, 0.1) is 23.7 Å². The largest absolute Gasteiger partial charge is 0.481 e. The lowest BCUT2D eigenvalue weighted by atomic mass is 9.91. The maximum atomic E-state index is 13.5. The summed E-state index contributed by atoms with van der Waals surface area (Å²) in [5.41, 5.74) is 3.50. The molecular weight excluding hydrogens is 558 g/mol. The van der Waals surface area contributed by atoms with Gasteiger partial charge in [-0.2, -0.15) is 5.10 Å². The van der Waals surface area contributed by atoms with Gasteiger partial charge in [-0.25, -0.2) is 5.01 Å². The zero-order valence-corrected chi connectivity index (χ0v) is 21.8. The van der Waals surface area contributed by atoms with E-state index in [0.717, 1.165) is 21.0 Å². The molecule has 0 aliphatic carbocycles. The Labute approximate surface area is 225 Å². The Morgan fingerprint density at radius 2 is 1.70 bits per heavy atom. The van der Waals surface area contributed by atoms with Gasteiger partial charge in [0.25, 0.3) is 5.56 Å². The van der Waals surface area contributed by atoms with Crippen molar-refractivity contribution in [2.45, 2.75) is 25.3 Å². The molecule has 1 aromatic heterocycles. The normalized spacial score (nSPS) is 15.1. The SMILES string of the molecule is O=C(O)CCC(=O)N1N=C(c2c(-c3ccc(Cl)cc3)c3ccccc3[nH]c2=O)C[C@@H]1c1ccc(Br)cc1. The van der Waals surface area contributed by atoms with E-state index < -0.39 is 17.9 Å². The Morgan fingerprint density at radius 3 is 2.41 bits per heavy atom. The molecule has 0 fully saturated rings. The van der Waals surface area contributed by atoms with Crippen molar-refractivity contribution in [3.05, 3.63) is 104 Å². The van der Waals surface area contributed by atoms with Gasteiger partial charge in [0.2, 0.25) is 5.91 Å². The van der Waals surface area contributed by atoms with Crippen LogP contribution < -0.4 is 5.56 Å². The van der Waals surface area contributed by atoms with Crippen molar-refractivity contribution >= 4 is 56.0 Å². The summed E-state index contributed by atoms with van der Waals surface area (Å²) in [5.74, 6) is -1.48. The Hall–Kier alpha value is -3.75. The first kappa shape index (κ1) is 24.9. The molecule has 186 valence electrons. The van der Waals surface area contributed by atoms with Crippen molar-refractivity contribution in [3.63, 3.8) is 0 Å². The number of amides is 1. The van der Waals surface area contributed by atoms with Gasteiger partial charge in [-0.05, 0) is 41.5 Å². The molecule has 4 aromatic rings. The van der Waals surface area contributed by atoms with E-state index >= 15 is 0 Å². The standard InChI is InChI=1S/C28H21BrClN3O4/c29-18-9-5-16(6-10-18)23-15-22(32-33(23)24(34)13-14-25(35)36)27-26(17-7-11-19(30)12-8-17)20-3-1-2-4-21(20)31-28(27)37/h1-12,23H,13-15H2,(H,31,37)(H,35,36)/t23-/m1/s1. The van der Waals surface area contributed by atoms with Gasteiger partial charge in [-0.3, -0.25) is 14.4 Å². The summed E-state index contributed by atoms with van der Waals surface area (Å²) in [5, 5.41) is 16.5. The number of halogens is 2. The lowest BCUT2D eigenvalue weighted by molar-refractivity contribution is -0.141. The number of benzene rings is 3. The van der Waals surface area contributed by atoms with Gasteiger partial charge in [0, 0.05) is 38.8 Å². The Balaban J connectivity index is 1.68. The summed E-state index contributed by atoms with van der Waals surface area (Å²) in [6, 6.07) is 21.8. The van der Waals surface area contributed by atoms with E-state index in [0.29, 0.717) is 33.8 Å². The third-order valence-electron chi connectivity index (χ3n) is 6.32. The highest BCUT2D eigenvalue weighted by Gasteiger charge is 2.35. The number of aliphatic carboxylic acids is 1. The van der Waals surface area contributed by atoms with Gasteiger partial charge in [0.1, 0.15) is 0 Å². The van der Waals surface area contributed by atoms with E-state index in [2.05, 4.69) is 26.0 Å². The van der Waals surface area contributed by atoms with Crippen LogP contribution in [0.4, 0.5) is 0 Å². The summed E-state index contributed by atoms with van der Waals surface area (Å²) >= 11 is 9.57. The highest BCUT2D eigenvalue weighted by Crippen LogP contribution is 2.37. The average molecular weight is 579 g/mol. The molecule has 0 spiro atoms. The number of carbonyl (C=O) groups is 2. The monoisotopic (exact) mass is 577 g/mol. The number of hydrazone groups is 1. The van der Waals surface area contributed by atoms with Crippen molar-refractivity contribution in [2.75, 3.05) is 0 Å². The van der Waals surface area contributed by atoms with Crippen molar-refractivity contribution in [3.8, 4) is 11.1 Å². The van der Waals surface area contributed by atoms with Gasteiger partial charge in [-0.1, -0.05) is 70.0 Å². The van der Waals surface area contributed by atoms with E-state index in [9.17, 15) is 14.4 Å². The van der Waals surface area contributed by atoms with E-state index in [1.54, 1.807) is 12.1 Å². The Kier molecular flexibility index (Phi) is 6.95. The van der Waals surface area contributed by atoms with Crippen LogP contribution in [0.15, 0.2) is 87.2 Å². The van der Waals surface area contributed by atoms with Crippen LogP contribution in [0.1, 0.15) is 36.4 Å². The molecular formula is C28H21BrClN3O4. The lowest BCUT2D eigenvalue weighted by Gasteiger charge is -2.22. The maximum absolute atomic E-state index is 13.5. The van der Waals surface area contributed by atoms with E-state index in [1.807, 2.05) is 60.7 Å². The number of nitrogens with zero attached hydrogens (tertiary/aromatic N) is 2. The summed E-state index contributed by atoms with van der Waals surface area (Å²) in [4.78, 5) is 40.7. The Morgan fingerprint density at radius 1 is 1.00 bits per heavy atom. The van der Waals surface area contributed by atoms with Crippen LogP contribution >= 0.6 is 27.5 Å². The summed E-state index contributed by atoms with van der Waals surface area (Å²) < 4.78 is 0.884. The topological polar surface area (TPSA) is 103 Å². The molecule has 1 amide bonds. The predicted molar refractivity (Wildman–Crippen MR) is 147 cm³/mol. The van der Waals surface area contributed by atoms with E-state index in [1.165, 1.54) is 5.01 Å². The number of para-hydroxylation sites is 1. The first-order valence-corrected chi connectivity index (χ1v) is 12.8. The summed E-state index contributed by atoms with van der Waals surface area (Å²) in [6.45, 7) is 0. The molecule has 1 aliphatic heterocycles. The molecule has 5 rings (SSSR count). The number of rotatable bonds is 6. The molecule has 37 heavy (non-hydrogen) atoms. The molecule has 1 aliphatic rings. The van der Waals surface area contributed by atoms with Crippen molar-refractivity contribution in [1.82, 2.24) is 9.99 Å². The number of fused-ring (bicyclic) bond motifs is 1. The second-order valence-corrected chi connectivity index (χ2v) is 10.1. The zero-order chi connectivity index (χ0) is 26.1. The number of H-pyrrole nitrogens is 1. The molecule has 2 N–H and O–H groups in total. The van der Waals surface area contributed by atoms with Crippen molar-refractivity contribution in [1.29, 1.82) is 0 Å². The first-order valence-electron chi connectivity index (χ1n) is 11.6. The van der Waals surface area contributed by atoms with E-state index in [4.69, 9.17) is 16.7 Å². The summed E-state index contributed by atoms with van der Waals surface area (Å²) in [6.07, 6.45) is -0.209. The number of carboxylic acids is 1. The zero-order valence-electron chi connectivity index (χ0n) is 19.4. The fraction of sp³-hybridized carbons (Fsp3) is 0.143. The fourth-order valence-corrected chi connectivity index (χ4v) is 4.99. The average Bonchev–Trinajstić information content (AvgIpc) is 3.32. The highest BCUT2D eigenvalue weighted by atomic mass is 79.9. The number of hydrogen-bond acceptors (Lipinski definition) is 4. The first-order chi connectivity index (χ1) is 17.8. The van der Waals surface area contributed by atoms with Gasteiger partial charge < -0.3 is 10.1 Å². The van der Waals surface area contributed by atoms with E-state index in [-0.39, 0.29) is 18.4 Å². The highest BCUT2D eigenvalue weighted by molar-refractivity contribution is 9.10. The van der Waals surface area contributed by atoms with Gasteiger partial charge >= 0.3 is 5.97 Å². The third-order valence-corrected chi connectivity index (χ3v) is 7.10.